The molecule has 2 N–H and O–H groups in total. The number of hydrogen-bond donors (Lipinski definition) is 1. The van der Waals surface area contributed by atoms with Gasteiger partial charge >= 0.3 is 0 Å². The Morgan fingerprint density at radius 1 is 0.950 bits per heavy atom. The van der Waals surface area contributed by atoms with Crippen LogP contribution in [-0.4, -0.2) is 10.2 Å². The highest BCUT2D eigenvalue weighted by molar-refractivity contribution is 7.18. The molecule has 0 amide bonds. The van der Waals surface area contributed by atoms with Crippen molar-refractivity contribution in [1.82, 2.24) is 10.2 Å². The van der Waals surface area contributed by atoms with Crippen LogP contribution >= 0.6 is 11.3 Å². The van der Waals surface area contributed by atoms with Gasteiger partial charge < -0.3 is 10.5 Å². The fourth-order valence-electron chi connectivity index (χ4n) is 1.79. The SMILES string of the molecule is Nc1nnc(-c2ccc(OCc3ccccc3)cc2)s1. The quantitative estimate of drug-likeness (QED) is 0.797. The van der Waals surface area contributed by atoms with Crippen molar-refractivity contribution < 1.29 is 4.74 Å². The molecule has 3 aromatic rings. The number of nitrogens with zero attached hydrogens (tertiary/aromatic N) is 2. The average molecular weight is 283 g/mol. The molecule has 1 heterocycles. The summed E-state index contributed by atoms with van der Waals surface area (Å²) in [6.45, 7) is 0.561. The van der Waals surface area contributed by atoms with E-state index in [4.69, 9.17) is 10.5 Å². The summed E-state index contributed by atoms with van der Waals surface area (Å²) in [6.07, 6.45) is 0. The fourth-order valence-corrected chi connectivity index (χ4v) is 2.40. The Kier molecular flexibility index (Phi) is 3.60. The van der Waals surface area contributed by atoms with Crippen LogP contribution in [0.3, 0.4) is 0 Å². The monoisotopic (exact) mass is 283 g/mol. The molecule has 0 aliphatic heterocycles. The van der Waals surface area contributed by atoms with Crippen molar-refractivity contribution in [3.63, 3.8) is 0 Å². The second kappa shape index (κ2) is 5.71. The molecule has 0 saturated heterocycles. The predicted octanol–water partition coefficient (Wildman–Crippen LogP) is 3.37. The average Bonchev–Trinajstić information content (AvgIpc) is 2.93. The lowest BCUT2D eigenvalue weighted by Crippen LogP contribution is -1.94. The lowest BCUT2D eigenvalue weighted by Gasteiger charge is -2.06. The van der Waals surface area contributed by atoms with Crippen molar-refractivity contribution in [2.45, 2.75) is 6.61 Å². The van der Waals surface area contributed by atoms with E-state index >= 15 is 0 Å². The largest absolute Gasteiger partial charge is 0.489 e. The highest BCUT2D eigenvalue weighted by atomic mass is 32.1. The summed E-state index contributed by atoms with van der Waals surface area (Å²) >= 11 is 1.37. The smallest absolute Gasteiger partial charge is 0.203 e. The minimum atomic E-state index is 0.476. The van der Waals surface area contributed by atoms with Crippen LogP contribution in [0.15, 0.2) is 54.6 Å². The number of anilines is 1. The van der Waals surface area contributed by atoms with Crippen molar-refractivity contribution in [2.75, 3.05) is 5.73 Å². The van der Waals surface area contributed by atoms with E-state index < -0.39 is 0 Å². The predicted molar refractivity (Wildman–Crippen MR) is 80.5 cm³/mol. The van der Waals surface area contributed by atoms with Gasteiger partial charge in [-0.3, -0.25) is 0 Å². The third-order valence-corrected chi connectivity index (χ3v) is 3.59. The molecule has 0 atom stereocenters. The molecular weight excluding hydrogens is 270 g/mol. The third kappa shape index (κ3) is 2.95. The second-order valence-corrected chi connectivity index (χ2v) is 5.25. The van der Waals surface area contributed by atoms with Gasteiger partial charge in [0.2, 0.25) is 5.13 Å². The summed E-state index contributed by atoms with van der Waals surface area (Å²) in [5.74, 6) is 0.829. The van der Waals surface area contributed by atoms with Crippen molar-refractivity contribution in [3.05, 3.63) is 60.2 Å². The van der Waals surface area contributed by atoms with Crippen LogP contribution in [0.2, 0.25) is 0 Å². The summed E-state index contributed by atoms with van der Waals surface area (Å²) in [7, 11) is 0. The van der Waals surface area contributed by atoms with Crippen molar-refractivity contribution in [2.24, 2.45) is 0 Å². The number of ether oxygens (including phenoxy) is 1. The molecule has 0 saturated carbocycles. The van der Waals surface area contributed by atoms with Gasteiger partial charge in [0.25, 0.3) is 0 Å². The Hall–Kier alpha value is -2.40. The van der Waals surface area contributed by atoms with E-state index in [0.29, 0.717) is 11.7 Å². The highest BCUT2D eigenvalue weighted by Gasteiger charge is 2.04. The normalized spacial score (nSPS) is 10.4. The zero-order chi connectivity index (χ0) is 13.8. The summed E-state index contributed by atoms with van der Waals surface area (Å²) in [5.41, 5.74) is 7.72. The maximum atomic E-state index is 5.73. The number of nitrogens with two attached hydrogens (primary N) is 1. The van der Waals surface area contributed by atoms with Gasteiger partial charge in [-0.05, 0) is 29.8 Å². The van der Waals surface area contributed by atoms with Crippen LogP contribution in [0.5, 0.6) is 5.75 Å². The molecule has 0 aliphatic carbocycles. The van der Waals surface area contributed by atoms with Gasteiger partial charge in [-0.2, -0.15) is 0 Å². The van der Waals surface area contributed by atoms with Crippen molar-refractivity contribution >= 4 is 16.5 Å². The minimum Gasteiger partial charge on any atom is -0.489 e. The maximum absolute atomic E-state index is 5.73. The Bertz CT molecular complexity index is 680. The first-order valence-corrected chi connectivity index (χ1v) is 6.99. The molecular formula is C15H13N3OS. The molecule has 0 fully saturated rings. The fraction of sp³-hybridized carbons (Fsp3) is 0.0667. The number of benzene rings is 2. The Labute approximate surface area is 120 Å². The molecule has 0 bridgehead atoms. The van der Waals surface area contributed by atoms with Crippen molar-refractivity contribution in [1.29, 1.82) is 0 Å². The Morgan fingerprint density at radius 2 is 1.70 bits per heavy atom. The Balaban J connectivity index is 1.67. The molecule has 20 heavy (non-hydrogen) atoms. The van der Waals surface area contributed by atoms with Gasteiger partial charge in [-0.25, -0.2) is 0 Å². The van der Waals surface area contributed by atoms with Crippen LogP contribution in [0, 0.1) is 0 Å². The van der Waals surface area contributed by atoms with Crippen molar-refractivity contribution in [3.8, 4) is 16.3 Å². The molecule has 3 rings (SSSR count). The zero-order valence-electron chi connectivity index (χ0n) is 10.7. The molecule has 0 unspecified atom stereocenters. The van der Waals surface area contributed by atoms with Crippen LogP contribution < -0.4 is 10.5 Å². The highest BCUT2D eigenvalue weighted by Crippen LogP contribution is 2.26. The summed E-state index contributed by atoms with van der Waals surface area (Å²) < 4.78 is 5.73. The summed E-state index contributed by atoms with van der Waals surface area (Å²) in [5, 5.41) is 9.11. The van der Waals surface area contributed by atoms with Gasteiger partial charge in [0.1, 0.15) is 17.4 Å². The lowest BCUT2D eigenvalue weighted by molar-refractivity contribution is 0.306. The molecule has 2 aromatic carbocycles. The van der Waals surface area contributed by atoms with Crippen LogP contribution in [0.25, 0.3) is 10.6 Å². The number of nitrogen functional groups attached to an aromatic ring is 1. The molecule has 0 radical (unpaired) electrons. The first-order valence-electron chi connectivity index (χ1n) is 6.17. The van der Waals surface area contributed by atoms with Gasteiger partial charge in [-0.1, -0.05) is 41.7 Å². The molecule has 1 aromatic heterocycles. The first kappa shape index (κ1) is 12.6. The second-order valence-electron chi connectivity index (χ2n) is 4.24. The molecule has 5 heteroatoms. The molecule has 0 spiro atoms. The van der Waals surface area contributed by atoms with E-state index in [2.05, 4.69) is 10.2 Å². The summed E-state index contributed by atoms with van der Waals surface area (Å²) in [4.78, 5) is 0. The van der Waals surface area contributed by atoms with Crippen LogP contribution in [0.4, 0.5) is 5.13 Å². The number of rotatable bonds is 4. The van der Waals surface area contributed by atoms with E-state index in [1.165, 1.54) is 11.3 Å². The van der Waals surface area contributed by atoms with E-state index in [1.807, 2.05) is 54.6 Å². The minimum absolute atomic E-state index is 0.476. The summed E-state index contributed by atoms with van der Waals surface area (Å²) in [6, 6.07) is 17.8. The van der Waals surface area contributed by atoms with E-state index in [0.717, 1.165) is 21.9 Å². The third-order valence-electron chi connectivity index (χ3n) is 2.79. The van der Waals surface area contributed by atoms with E-state index in [9.17, 15) is 0 Å². The van der Waals surface area contributed by atoms with E-state index in [1.54, 1.807) is 0 Å². The molecule has 4 nitrogen and oxygen atoms in total. The van der Waals surface area contributed by atoms with E-state index in [-0.39, 0.29) is 0 Å². The van der Waals surface area contributed by atoms with Gasteiger partial charge in [0.15, 0.2) is 0 Å². The van der Waals surface area contributed by atoms with Crippen LogP contribution in [-0.2, 0) is 6.61 Å². The molecule has 100 valence electrons. The van der Waals surface area contributed by atoms with Gasteiger partial charge in [-0.15, -0.1) is 10.2 Å². The lowest BCUT2D eigenvalue weighted by atomic mass is 10.2. The topological polar surface area (TPSA) is 61.0 Å². The number of hydrogen-bond acceptors (Lipinski definition) is 5. The standard InChI is InChI=1S/C15H13N3OS/c16-15-18-17-14(20-15)12-6-8-13(9-7-12)19-10-11-4-2-1-3-5-11/h1-9H,10H2,(H2,16,18). The Morgan fingerprint density at radius 3 is 2.35 bits per heavy atom. The number of aromatic nitrogens is 2. The zero-order valence-corrected chi connectivity index (χ0v) is 11.5. The first-order chi connectivity index (χ1) is 9.81. The van der Waals surface area contributed by atoms with Crippen LogP contribution in [0.1, 0.15) is 5.56 Å². The molecule has 0 aliphatic rings. The van der Waals surface area contributed by atoms with Gasteiger partial charge in [0, 0.05) is 5.56 Å². The van der Waals surface area contributed by atoms with Gasteiger partial charge in [0.05, 0.1) is 0 Å². The maximum Gasteiger partial charge on any atom is 0.203 e.